The summed E-state index contributed by atoms with van der Waals surface area (Å²) in [5.41, 5.74) is 0.242. The Kier molecular flexibility index (Phi) is 7.20. The molecular weight excluding hydrogens is 492 g/mol. The lowest BCUT2D eigenvalue weighted by Gasteiger charge is -2.49. The Hall–Kier alpha value is -4.39. The van der Waals surface area contributed by atoms with E-state index in [0.717, 1.165) is 10.5 Å². The number of β-lactam (4-membered cyclic amide) rings is 1. The number of nitro groups is 1. The molecule has 12 nitrogen and oxygen atoms in total. The van der Waals surface area contributed by atoms with Gasteiger partial charge in [-0.2, -0.15) is 0 Å². The maximum absolute atomic E-state index is 12.7. The van der Waals surface area contributed by atoms with Gasteiger partial charge in [0.2, 0.25) is 5.91 Å². The Morgan fingerprint density at radius 1 is 1.14 bits per heavy atom. The third kappa shape index (κ3) is 5.15. The van der Waals surface area contributed by atoms with Crippen molar-refractivity contribution in [2.24, 2.45) is 0 Å². The summed E-state index contributed by atoms with van der Waals surface area (Å²) in [5.74, 6) is -2.17. The molecule has 2 aliphatic rings. The van der Waals surface area contributed by atoms with E-state index in [1.807, 2.05) is 6.07 Å². The number of ether oxygens (including phenoxy) is 1. The maximum Gasteiger partial charge on any atom is 0.412 e. The summed E-state index contributed by atoms with van der Waals surface area (Å²) >= 11 is 1.23. The van der Waals surface area contributed by atoms with Gasteiger partial charge in [-0.3, -0.25) is 29.9 Å². The van der Waals surface area contributed by atoms with Crippen molar-refractivity contribution >= 4 is 47.0 Å². The first-order chi connectivity index (χ1) is 17.3. The van der Waals surface area contributed by atoms with Crippen LogP contribution in [0.25, 0.3) is 0 Å². The molecule has 0 radical (unpaired) electrons. The monoisotopic (exact) mass is 512 g/mol. The number of amides is 3. The lowest BCUT2D eigenvalue weighted by atomic mass is 10.0. The highest BCUT2D eigenvalue weighted by Crippen LogP contribution is 2.40. The van der Waals surface area contributed by atoms with Crippen molar-refractivity contribution in [2.45, 2.75) is 17.8 Å². The number of carboxylic acids is 1. The number of aliphatic carboxylic acids is 1. The number of nitrogens with one attached hydrogen (secondary N) is 2. The van der Waals surface area contributed by atoms with Crippen LogP contribution in [-0.4, -0.2) is 62.6 Å². The van der Waals surface area contributed by atoms with E-state index in [9.17, 15) is 34.4 Å². The number of benzene rings is 2. The number of fused-ring (bicyclic) bond motifs is 1. The van der Waals surface area contributed by atoms with E-state index in [4.69, 9.17) is 4.74 Å². The molecule has 186 valence electrons. The average molecular weight is 513 g/mol. The molecule has 1 saturated heterocycles. The number of rotatable bonds is 8. The highest BCUT2D eigenvalue weighted by Gasteiger charge is 2.54. The molecule has 4 rings (SSSR count). The van der Waals surface area contributed by atoms with E-state index in [-0.39, 0.29) is 40.7 Å². The van der Waals surface area contributed by atoms with Gasteiger partial charge in [0.15, 0.2) is 0 Å². The van der Waals surface area contributed by atoms with Gasteiger partial charge >= 0.3 is 12.1 Å². The van der Waals surface area contributed by atoms with Crippen LogP contribution in [0, 0.1) is 10.1 Å². The molecule has 2 aromatic carbocycles. The highest BCUT2D eigenvalue weighted by atomic mass is 32.2. The fourth-order valence-corrected chi connectivity index (χ4v) is 5.16. The highest BCUT2D eigenvalue weighted by molar-refractivity contribution is 8.00. The summed E-state index contributed by atoms with van der Waals surface area (Å²) in [4.78, 5) is 60.8. The zero-order valence-electron chi connectivity index (χ0n) is 18.6. The number of nitro benzene ring substituents is 1. The smallest absolute Gasteiger partial charge is 0.412 e. The third-order valence-corrected chi connectivity index (χ3v) is 6.83. The lowest BCUT2D eigenvalue weighted by Crippen LogP contribution is -2.70. The van der Waals surface area contributed by atoms with Gasteiger partial charge in [-0.15, -0.1) is 11.8 Å². The summed E-state index contributed by atoms with van der Waals surface area (Å²) in [7, 11) is 0. The Labute approximate surface area is 208 Å². The predicted molar refractivity (Wildman–Crippen MR) is 128 cm³/mol. The SMILES string of the molecule is O=C(Cc1ccccc1)N[C@@H]1C(=O)N2C(C(=O)O)=C(COC(=O)Nc3ccccc3[N+](=O)[O-])CS[C@H]12. The average Bonchev–Trinajstić information content (AvgIpc) is 2.86. The molecule has 0 spiro atoms. The first kappa shape index (κ1) is 24.7. The van der Waals surface area contributed by atoms with E-state index in [1.54, 1.807) is 24.3 Å². The van der Waals surface area contributed by atoms with Crippen LogP contribution in [0.15, 0.2) is 65.9 Å². The fourth-order valence-electron chi connectivity index (χ4n) is 3.84. The van der Waals surface area contributed by atoms with Crippen molar-refractivity contribution in [3.05, 3.63) is 81.5 Å². The lowest BCUT2D eigenvalue weighted by molar-refractivity contribution is -0.383. The number of anilines is 1. The Morgan fingerprint density at radius 2 is 1.83 bits per heavy atom. The third-order valence-electron chi connectivity index (χ3n) is 5.49. The van der Waals surface area contributed by atoms with E-state index in [2.05, 4.69) is 10.6 Å². The van der Waals surface area contributed by atoms with Gasteiger partial charge in [0.05, 0.1) is 11.3 Å². The number of carbonyl (C=O) groups is 4. The zero-order chi connectivity index (χ0) is 25.8. The molecule has 0 unspecified atom stereocenters. The summed E-state index contributed by atoms with van der Waals surface area (Å²) in [6, 6.07) is 13.6. The number of para-hydroxylation sites is 2. The molecule has 13 heteroatoms. The van der Waals surface area contributed by atoms with Gasteiger partial charge in [0.1, 0.15) is 29.4 Å². The van der Waals surface area contributed by atoms with Gasteiger partial charge in [-0.1, -0.05) is 42.5 Å². The number of nitrogens with zero attached hydrogens (tertiary/aromatic N) is 2. The molecule has 2 aliphatic heterocycles. The van der Waals surface area contributed by atoms with E-state index >= 15 is 0 Å². The normalized spacial score (nSPS) is 18.6. The summed E-state index contributed by atoms with van der Waals surface area (Å²) in [6.45, 7) is -0.442. The van der Waals surface area contributed by atoms with E-state index in [1.165, 1.54) is 36.0 Å². The molecular formula is C23H20N4O8S. The fraction of sp³-hybridized carbons (Fsp3) is 0.217. The molecule has 0 saturated carbocycles. The van der Waals surface area contributed by atoms with Crippen LogP contribution in [0.5, 0.6) is 0 Å². The molecule has 0 aliphatic carbocycles. The molecule has 2 heterocycles. The Balaban J connectivity index is 1.39. The van der Waals surface area contributed by atoms with Crippen molar-refractivity contribution in [1.82, 2.24) is 10.2 Å². The van der Waals surface area contributed by atoms with Crippen LogP contribution in [0.4, 0.5) is 16.2 Å². The number of hydrogen-bond donors (Lipinski definition) is 3. The summed E-state index contributed by atoms with van der Waals surface area (Å²) < 4.78 is 5.09. The standard InChI is InChI=1S/C23H20N4O8S/c28-17(10-13-6-2-1-3-7-13)25-18-20(29)26-19(22(30)31)14(12-36-21(18)26)11-35-23(32)24-15-8-4-5-9-16(15)27(33)34/h1-9,18,21H,10-12H2,(H,24,32)(H,25,28)(H,30,31)/t18-,21-/m1/s1. The number of thioether (sulfide) groups is 1. The number of carbonyl (C=O) groups excluding carboxylic acids is 3. The molecule has 1 fully saturated rings. The van der Waals surface area contributed by atoms with Gasteiger partial charge in [-0.25, -0.2) is 9.59 Å². The minimum absolute atomic E-state index is 0.0787. The molecule has 3 amide bonds. The van der Waals surface area contributed by atoms with Gasteiger partial charge in [0.25, 0.3) is 11.6 Å². The van der Waals surface area contributed by atoms with Crippen molar-refractivity contribution in [3.63, 3.8) is 0 Å². The van der Waals surface area contributed by atoms with Gasteiger partial charge in [0, 0.05) is 17.4 Å². The molecule has 36 heavy (non-hydrogen) atoms. The topological polar surface area (TPSA) is 168 Å². The number of hydrogen-bond acceptors (Lipinski definition) is 8. The van der Waals surface area contributed by atoms with Crippen LogP contribution in [-0.2, 0) is 25.5 Å². The van der Waals surface area contributed by atoms with E-state index in [0.29, 0.717) is 0 Å². The number of carboxylic acid groups (broad SMARTS) is 1. The van der Waals surface area contributed by atoms with E-state index < -0.39 is 40.9 Å². The van der Waals surface area contributed by atoms with Gasteiger partial charge in [-0.05, 0) is 11.6 Å². The van der Waals surface area contributed by atoms with Crippen molar-refractivity contribution in [2.75, 3.05) is 17.7 Å². The molecule has 2 aromatic rings. The summed E-state index contributed by atoms with van der Waals surface area (Å²) in [6.07, 6.45) is -0.938. The quantitative estimate of drug-likeness (QED) is 0.272. The maximum atomic E-state index is 12.7. The molecule has 3 N–H and O–H groups in total. The van der Waals surface area contributed by atoms with Crippen LogP contribution in [0.1, 0.15) is 5.56 Å². The largest absolute Gasteiger partial charge is 0.477 e. The van der Waals surface area contributed by atoms with Crippen LogP contribution < -0.4 is 10.6 Å². The van der Waals surface area contributed by atoms with Crippen molar-refractivity contribution < 1.29 is 33.9 Å². The van der Waals surface area contributed by atoms with Crippen molar-refractivity contribution in [1.29, 1.82) is 0 Å². The zero-order valence-corrected chi connectivity index (χ0v) is 19.4. The Morgan fingerprint density at radius 3 is 2.53 bits per heavy atom. The minimum Gasteiger partial charge on any atom is -0.477 e. The van der Waals surface area contributed by atoms with Crippen molar-refractivity contribution in [3.8, 4) is 0 Å². The van der Waals surface area contributed by atoms with Crippen LogP contribution in [0.2, 0.25) is 0 Å². The molecule has 0 bridgehead atoms. The predicted octanol–water partition coefficient (Wildman–Crippen LogP) is 2.12. The van der Waals surface area contributed by atoms with Gasteiger partial charge < -0.3 is 15.2 Å². The minimum atomic E-state index is -1.37. The second kappa shape index (κ2) is 10.5. The second-order valence-electron chi connectivity index (χ2n) is 7.85. The summed E-state index contributed by atoms with van der Waals surface area (Å²) in [5, 5.41) is 25.1. The van der Waals surface area contributed by atoms with Crippen LogP contribution >= 0.6 is 11.8 Å². The van der Waals surface area contributed by atoms with Crippen LogP contribution in [0.3, 0.4) is 0 Å². The first-order valence-corrected chi connectivity index (χ1v) is 11.7. The Bertz CT molecular complexity index is 1270. The molecule has 0 aromatic heterocycles. The first-order valence-electron chi connectivity index (χ1n) is 10.7. The molecule has 2 atom stereocenters. The second-order valence-corrected chi connectivity index (χ2v) is 8.96.